The Morgan fingerprint density at radius 1 is 1.14 bits per heavy atom. The van der Waals surface area contributed by atoms with E-state index in [1.54, 1.807) is 24.3 Å². The van der Waals surface area contributed by atoms with E-state index in [1.165, 1.54) is 23.5 Å². The van der Waals surface area contributed by atoms with Gasteiger partial charge in [0.05, 0.1) is 17.6 Å². The molecule has 2 rings (SSSR count). The van der Waals surface area contributed by atoms with Crippen LogP contribution in [0.3, 0.4) is 0 Å². The van der Waals surface area contributed by atoms with E-state index in [1.807, 2.05) is 17.5 Å². The van der Waals surface area contributed by atoms with Crippen molar-refractivity contribution < 1.29 is 17.9 Å². The predicted octanol–water partition coefficient (Wildman–Crippen LogP) is 3.38. The van der Waals surface area contributed by atoms with Crippen molar-refractivity contribution in [3.63, 3.8) is 0 Å². The number of methoxy groups -OCH3 is 1. The standard InChI is InChI=1S/C20H28N2O4S2/c1-5-21(6-2)11-12-22(15-18-8-7-13-27-18)28(24,25)19-10-9-17(14-16(19)3)20(23)26-4/h7-10,13-14H,5-6,11-12,15H2,1-4H3. The lowest BCUT2D eigenvalue weighted by atomic mass is 10.1. The molecule has 0 saturated heterocycles. The maximum absolute atomic E-state index is 13.4. The highest BCUT2D eigenvalue weighted by molar-refractivity contribution is 7.89. The highest BCUT2D eigenvalue weighted by Gasteiger charge is 2.27. The second-order valence-corrected chi connectivity index (χ2v) is 9.36. The molecule has 0 saturated carbocycles. The molecule has 0 unspecified atom stereocenters. The largest absolute Gasteiger partial charge is 0.465 e. The van der Waals surface area contributed by atoms with E-state index >= 15 is 0 Å². The summed E-state index contributed by atoms with van der Waals surface area (Å²) in [6.07, 6.45) is 0. The minimum absolute atomic E-state index is 0.219. The average Bonchev–Trinajstić information content (AvgIpc) is 3.20. The molecule has 0 atom stereocenters. The van der Waals surface area contributed by atoms with Crippen LogP contribution < -0.4 is 0 Å². The van der Waals surface area contributed by atoms with Gasteiger partial charge >= 0.3 is 5.97 Å². The molecule has 2 aromatic rings. The summed E-state index contributed by atoms with van der Waals surface area (Å²) in [7, 11) is -2.40. The van der Waals surface area contributed by atoms with Crippen molar-refractivity contribution in [3.05, 3.63) is 51.7 Å². The fourth-order valence-electron chi connectivity index (χ4n) is 2.98. The Labute approximate surface area is 171 Å². The number of likely N-dealkylation sites (N-methyl/N-ethyl adjacent to an activating group) is 1. The highest BCUT2D eigenvalue weighted by atomic mass is 32.2. The van der Waals surface area contributed by atoms with Gasteiger partial charge in [0.1, 0.15) is 0 Å². The third-order valence-corrected chi connectivity index (χ3v) is 7.55. The van der Waals surface area contributed by atoms with Gasteiger partial charge in [0.2, 0.25) is 10.0 Å². The fraction of sp³-hybridized carbons (Fsp3) is 0.450. The third-order valence-electron chi connectivity index (χ3n) is 4.69. The monoisotopic (exact) mass is 424 g/mol. The first-order valence-corrected chi connectivity index (χ1v) is 11.6. The van der Waals surface area contributed by atoms with Crippen LogP contribution in [0, 0.1) is 6.92 Å². The van der Waals surface area contributed by atoms with Gasteiger partial charge in [-0.25, -0.2) is 13.2 Å². The number of esters is 1. The second-order valence-electron chi connectivity index (χ2n) is 6.42. The molecule has 0 aliphatic rings. The molecular formula is C20H28N2O4S2. The number of sulfonamides is 1. The SMILES string of the molecule is CCN(CC)CCN(Cc1cccs1)S(=O)(=O)c1ccc(C(=O)OC)cc1C. The number of aryl methyl sites for hydroxylation is 1. The third kappa shape index (κ3) is 5.41. The minimum Gasteiger partial charge on any atom is -0.465 e. The Kier molecular flexibility index (Phi) is 8.18. The molecule has 0 spiro atoms. The number of carbonyl (C=O) groups excluding carboxylic acids is 1. The number of benzene rings is 1. The van der Waals surface area contributed by atoms with Crippen molar-refractivity contribution in [1.29, 1.82) is 0 Å². The molecule has 1 aromatic carbocycles. The quantitative estimate of drug-likeness (QED) is 0.547. The van der Waals surface area contributed by atoms with Gasteiger partial charge in [-0.05, 0) is 55.2 Å². The molecule has 0 N–H and O–H groups in total. The van der Waals surface area contributed by atoms with E-state index < -0.39 is 16.0 Å². The number of hydrogen-bond acceptors (Lipinski definition) is 6. The molecule has 1 aromatic heterocycles. The molecule has 1 heterocycles. The molecule has 8 heteroatoms. The van der Waals surface area contributed by atoms with Crippen molar-refractivity contribution in [2.75, 3.05) is 33.3 Å². The number of hydrogen-bond donors (Lipinski definition) is 0. The van der Waals surface area contributed by atoms with Crippen molar-refractivity contribution in [3.8, 4) is 0 Å². The molecule has 0 aliphatic heterocycles. The summed E-state index contributed by atoms with van der Waals surface area (Å²) in [5.41, 5.74) is 0.869. The summed E-state index contributed by atoms with van der Waals surface area (Å²) in [6, 6.07) is 8.42. The van der Waals surface area contributed by atoms with Crippen LogP contribution in [0.1, 0.15) is 34.6 Å². The summed E-state index contributed by atoms with van der Waals surface area (Å²) in [5.74, 6) is -0.482. The molecule has 0 bridgehead atoms. The van der Waals surface area contributed by atoms with Crippen LogP contribution >= 0.6 is 11.3 Å². The number of ether oxygens (including phenoxy) is 1. The molecule has 28 heavy (non-hydrogen) atoms. The first kappa shape index (κ1) is 22.5. The number of carbonyl (C=O) groups is 1. The molecule has 154 valence electrons. The van der Waals surface area contributed by atoms with E-state index in [4.69, 9.17) is 4.74 Å². The summed E-state index contributed by atoms with van der Waals surface area (Å²) < 4.78 is 33.1. The summed E-state index contributed by atoms with van der Waals surface area (Å²) >= 11 is 1.54. The highest BCUT2D eigenvalue weighted by Crippen LogP contribution is 2.24. The lowest BCUT2D eigenvalue weighted by Gasteiger charge is -2.26. The van der Waals surface area contributed by atoms with Gasteiger partial charge in [0.25, 0.3) is 0 Å². The van der Waals surface area contributed by atoms with Gasteiger partial charge in [-0.1, -0.05) is 19.9 Å². The van der Waals surface area contributed by atoms with Crippen molar-refractivity contribution in [2.24, 2.45) is 0 Å². The van der Waals surface area contributed by atoms with Gasteiger partial charge in [0, 0.05) is 24.5 Å². The lowest BCUT2D eigenvalue weighted by molar-refractivity contribution is 0.0600. The van der Waals surface area contributed by atoms with Crippen LogP contribution in [-0.2, 0) is 21.3 Å². The molecule has 0 amide bonds. The summed E-state index contributed by atoms with van der Waals surface area (Å²) in [6.45, 7) is 8.98. The zero-order valence-corrected chi connectivity index (χ0v) is 18.5. The second kappa shape index (κ2) is 10.2. The van der Waals surface area contributed by atoms with Gasteiger partial charge in [-0.2, -0.15) is 4.31 Å². The average molecular weight is 425 g/mol. The fourth-order valence-corrected chi connectivity index (χ4v) is 5.39. The number of nitrogens with zero attached hydrogens (tertiary/aromatic N) is 2. The zero-order valence-electron chi connectivity index (χ0n) is 16.8. The minimum atomic E-state index is -3.71. The van der Waals surface area contributed by atoms with Crippen LogP contribution in [0.15, 0.2) is 40.6 Å². The van der Waals surface area contributed by atoms with Crippen LogP contribution in [0.5, 0.6) is 0 Å². The maximum Gasteiger partial charge on any atom is 0.337 e. The zero-order chi connectivity index (χ0) is 20.7. The van der Waals surface area contributed by atoms with E-state index in [0.717, 1.165) is 18.0 Å². The molecule has 0 radical (unpaired) electrons. The Morgan fingerprint density at radius 2 is 1.86 bits per heavy atom. The van der Waals surface area contributed by atoms with E-state index in [9.17, 15) is 13.2 Å². The van der Waals surface area contributed by atoms with E-state index in [-0.39, 0.29) is 4.90 Å². The van der Waals surface area contributed by atoms with Crippen molar-refractivity contribution >= 4 is 27.3 Å². The van der Waals surface area contributed by atoms with Gasteiger partial charge in [-0.3, -0.25) is 0 Å². The summed E-state index contributed by atoms with van der Waals surface area (Å²) in [5, 5.41) is 1.95. The van der Waals surface area contributed by atoms with Crippen LogP contribution in [-0.4, -0.2) is 56.9 Å². The van der Waals surface area contributed by atoms with Gasteiger partial charge < -0.3 is 9.64 Å². The molecule has 0 aliphatic carbocycles. The number of thiophene rings is 1. The Balaban J connectivity index is 2.35. The normalized spacial score (nSPS) is 11.9. The Hall–Kier alpha value is -1.74. The molecular weight excluding hydrogens is 396 g/mol. The van der Waals surface area contributed by atoms with E-state index in [0.29, 0.717) is 30.8 Å². The van der Waals surface area contributed by atoms with Crippen LogP contribution in [0.2, 0.25) is 0 Å². The summed E-state index contributed by atoms with van der Waals surface area (Å²) in [4.78, 5) is 15.1. The van der Waals surface area contributed by atoms with Crippen molar-refractivity contribution in [2.45, 2.75) is 32.2 Å². The first-order chi connectivity index (χ1) is 13.3. The molecule has 6 nitrogen and oxygen atoms in total. The van der Waals surface area contributed by atoms with E-state index in [2.05, 4.69) is 18.7 Å². The van der Waals surface area contributed by atoms with Crippen molar-refractivity contribution in [1.82, 2.24) is 9.21 Å². The Morgan fingerprint density at radius 3 is 2.39 bits per heavy atom. The van der Waals surface area contributed by atoms with Gasteiger partial charge in [-0.15, -0.1) is 11.3 Å². The topological polar surface area (TPSA) is 66.9 Å². The number of rotatable bonds is 10. The first-order valence-electron chi connectivity index (χ1n) is 9.27. The van der Waals surface area contributed by atoms with Gasteiger partial charge in [0.15, 0.2) is 0 Å². The predicted molar refractivity (Wildman–Crippen MR) is 112 cm³/mol. The maximum atomic E-state index is 13.4. The molecule has 0 fully saturated rings. The van der Waals surface area contributed by atoms with Crippen LogP contribution in [0.25, 0.3) is 0 Å². The smallest absolute Gasteiger partial charge is 0.337 e. The lowest BCUT2D eigenvalue weighted by Crippen LogP contribution is -2.38. The Bertz CT molecular complexity index is 876. The van der Waals surface area contributed by atoms with Crippen LogP contribution in [0.4, 0.5) is 0 Å².